The molecule has 0 bridgehead atoms. The Morgan fingerprint density at radius 2 is 1.89 bits per heavy atom. The normalized spacial score (nSPS) is 26.3. The minimum absolute atomic E-state index is 0.0927. The summed E-state index contributed by atoms with van der Waals surface area (Å²) in [4.78, 5) is 7.65. The fourth-order valence-electron chi connectivity index (χ4n) is 3.79. The van der Waals surface area contributed by atoms with Gasteiger partial charge in [-0.1, -0.05) is 0 Å². The molecule has 2 N–H and O–H groups in total. The van der Waals surface area contributed by atoms with Crippen LogP contribution in [0.1, 0.15) is 17.9 Å². The van der Waals surface area contributed by atoms with Crippen LogP contribution in [0, 0.1) is 11.8 Å². The van der Waals surface area contributed by atoms with Gasteiger partial charge in [0.15, 0.2) is 5.83 Å². The van der Waals surface area contributed by atoms with Crippen molar-refractivity contribution in [2.45, 2.75) is 31.6 Å². The summed E-state index contributed by atoms with van der Waals surface area (Å²) in [6.07, 6.45) is -3.34. The Morgan fingerprint density at radius 1 is 1.15 bits per heavy atom. The smallest absolute Gasteiger partial charge is 0.326 e. The average molecular weight is 388 g/mol. The first kappa shape index (κ1) is 18.0. The zero-order valence-electron chi connectivity index (χ0n) is 13.8. The maximum atomic E-state index is 14.2. The Kier molecular flexibility index (Phi) is 4.06. The van der Waals surface area contributed by atoms with Gasteiger partial charge in [0.05, 0.1) is 11.7 Å². The maximum Gasteiger partial charge on any atom is 0.433 e. The summed E-state index contributed by atoms with van der Waals surface area (Å²) in [5, 5.41) is 0. The van der Waals surface area contributed by atoms with E-state index in [-0.39, 0.29) is 24.0 Å². The molecule has 2 aromatic rings. The monoisotopic (exact) mass is 388 g/mol. The van der Waals surface area contributed by atoms with E-state index in [4.69, 9.17) is 5.73 Å². The summed E-state index contributed by atoms with van der Waals surface area (Å²) < 4.78 is 81.3. The molecule has 144 valence electrons. The van der Waals surface area contributed by atoms with Gasteiger partial charge in [0.1, 0.15) is 28.7 Å². The number of aromatic nitrogens is 3. The Balaban J connectivity index is 1.70. The number of nitrogens with two attached hydrogens (primary N) is 1. The van der Waals surface area contributed by atoms with Crippen LogP contribution in [-0.4, -0.2) is 20.6 Å². The number of hydrogen-bond donors (Lipinski definition) is 1. The first-order valence-corrected chi connectivity index (χ1v) is 8.24. The molecule has 0 saturated carbocycles. The number of imidazole rings is 1. The first-order chi connectivity index (χ1) is 12.6. The number of pyridine rings is 1. The molecule has 0 saturated heterocycles. The van der Waals surface area contributed by atoms with E-state index in [2.05, 4.69) is 9.97 Å². The molecule has 1 aliphatic carbocycles. The fourth-order valence-corrected chi connectivity index (χ4v) is 3.79. The van der Waals surface area contributed by atoms with Crippen LogP contribution in [0.5, 0.6) is 0 Å². The number of nitrogens with zero attached hydrogens (tertiary/aromatic N) is 3. The number of fused-ring (bicyclic) bond motifs is 3. The van der Waals surface area contributed by atoms with Crippen molar-refractivity contribution in [2.75, 3.05) is 0 Å². The maximum absolute atomic E-state index is 14.2. The van der Waals surface area contributed by atoms with E-state index in [0.717, 1.165) is 12.3 Å². The second kappa shape index (κ2) is 6.08. The van der Waals surface area contributed by atoms with Gasteiger partial charge in [0.25, 0.3) is 0 Å². The molecule has 1 aliphatic heterocycles. The van der Waals surface area contributed by atoms with Crippen LogP contribution in [0.15, 0.2) is 35.8 Å². The number of halogens is 6. The van der Waals surface area contributed by atoms with E-state index in [1.54, 1.807) is 4.57 Å². The molecule has 10 heteroatoms. The lowest BCUT2D eigenvalue weighted by Crippen LogP contribution is -2.44. The molecule has 3 heterocycles. The molecular formula is C17H14F6N4. The van der Waals surface area contributed by atoms with Gasteiger partial charge in [-0.05, 0) is 12.0 Å². The van der Waals surface area contributed by atoms with E-state index >= 15 is 0 Å². The molecule has 2 aliphatic rings. The second-order valence-corrected chi connectivity index (χ2v) is 6.82. The second-order valence-electron chi connectivity index (χ2n) is 6.82. The van der Waals surface area contributed by atoms with Crippen LogP contribution in [-0.2, 0) is 19.1 Å². The van der Waals surface area contributed by atoms with Crippen molar-refractivity contribution in [1.82, 2.24) is 14.5 Å². The fraction of sp³-hybridized carbons (Fsp3) is 0.412. The van der Waals surface area contributed by atoms with Crippen molar-refractivity contribution < 1.29 is 26.3 Å². The largest absolute Gasteiger partial charge is 0.433 e. The molecule has 4 rings (SSSR count). The zero-order valence-corrected chi connectivity index (χ0v) is 13.8. The third kappa shape index (κ3) is 3.01. The van der Waals surface area contributed by atoms with Gasteiger partial charge in [-0.3, -0.25) is 0 Å². The molecule has 0 spiro atoms. The van der Waals surface area contributed by atoms with E-state index in [9.17, 15) is 26.3 Å². The van der Waals surface area contributed by atoms with Crippen molar-refractivity contribution in [3.63, 3.8) is 0 Å². The summed E-state index contributed by atoms with van der Waals surface area (Å²) in [6, 6.07) is 0.244. The average Bonchev–Trinajstić information content (AvgIpc) is 2.93. The van der Waals surface area contributed by atoms with Crippen LogP contribution in [0.3, 0.4) is 0 Å². The summed E-state index contributed by atoms with van der Waals surface area (Å²) >= 11 is 0. The van der Waals surface area contributed by atoms with Crippen LogP contribution in [0.2, 0.25) is 0 Å². The lowest BCUT2D eigenvalue weighted by molar-refractivity contribution is -0.141. The van der Waals surface area contributed by atoms with Gasteiger partial charge in [0.2, 0.25) is 0 Å². The van der Waals surface area contributed by atoms with Crippen molar-refractivity contribution in [1.29, 1.82) is 0 Å². The molecule has 27 heavy (non-hydrogen) atoms. The highest BCUT2D eigenvalue weighted by Gasteiger charge is 2.39. The molecule has 2 aromatic heterocycles. The standard InChI is InChI=1S/C17H14F6N4/c18-9-3-11(20)10(19)1-7(9)8-2-16-26-13-5-25-15(17(21,22)23)4-14(13)27(16)6-12(8)24/h3-5,7-8,12H,1-2,6,24H2/t7?,8-,12?/m1/s1. The predicted molar refractivity (Wildman–Crippen MR) is 84.2 cm³/mol. The van der Waals surface area contributed by atoms with Crippen molar-refractivity contribution >= 4 is 11.0 Å². The Labute approximate surface area is 149 Å². The lowest BCUT2D eigenvalue weighted by Gasteiger charge is -2.35. The van der Waals surface area contributed by atoms with E-state index < -0.39 is 53.6 Å². The molecule has 0 aromatic carbocycles. The van der Waals surface area contributed by atoms with Gasteiger partial charge in [-0.25, -0.2) is 23.1 Å². The molecule has 0 fully saturated rings. The Hall–Kier alpha value is -2.36. The van der Waals surface area contributed by atoms with Gasteiger partial charge in [0, 0.05) is 37.4 Å². The number of hydrogen-bond acceptors (Lipinski definition) is 3. The third-order valence-electron chi connectivity index (χ3n) is 5.16. The lowest BCUT2D eigenvalue weighted by atomic mass is 9.77. The highest BCUT2D eigenvalue weighted by Crippen LogP contribution is 2.41. The SMILES string of the molecule is NC1Cn2c(nc3cnc(C(F)(F)F)cc32)C[C@@H]1C1CC(F)=C(F)C=C1F. The van der Waals surface area contributed by atoms with Gasteiger partial charge in [-0.15, -0.1) is 0 Å². The molecular weight excluding hydrogens is 374 g/mol. The Bertz CT molecular complexity index is 974. The third-order valence-corrected chi connectivity index (χ3v) is 5.16. The number of alkyl halides is 3. The van der Waals surface area contributed by atoms with Crippen LogP contribution in [0.25, 0.3) is 11.0 Å². The van der Waals surface area contributed by atoms with Crippen LogP contribution < -0.4 is 5.73 Å². The number of rotatable bonds is 1. The molecule has 3 atom stereocenters. The van der Waals surface area contributed by atoms with Crippen LogP contribution >= 0.6 is 0 Å². The van der Waals surface area contributed by atoms with E-state index in [0.29, 0.717) is 11.9 Å². The molecule has 0 amide bonds. The van der Waals surface area contributed by atoms with E-state index in [1.807, 2.05) is 0 Å². The highest BCUT2D eigenvalue weighted by atomic mass is 19.4. The Morgan fingerprint density at radius 3 is 2.59 bits per heavy atom. The minimum atomic E-state index is -4.60. The molecule has 4 nitrogen and oxygen atoms in total. The zero-order chi connectivity index (χ0) is 19.5. The summed E-state index contributed by atoms with van der Waals surface area (Å²) in [5.74, 6) is -4.13. The molecule has 0 radical (unpaired) electrons. The van der Waals surface area contributed by atoms with Crippen LogP contribution in [0.4, 0.5) is 26.3 Å². The topological polar surface area (TPSA) is 56.7 Å². The van der Waals surface area contributed by atoms with Crippen molar-refractivity contribution in [2.24, 2.45) is 17.6 Å². The van der Waals surface area contributed by atoms with Gasteiger partial charge < -0.3 is 10.3 Å². The van der Waals surface area contributed by atoms with Crippen molar-refractivity contribution in [3.05, 3.63) is 47.3 Å². The number of allylic oxidation sites excluding steroid dienone is 4. The summed E-state index contributed by atoms with van der Waals surface area (Å²) in [7, 11) is 0. The van der Waals surface area contributed by atoms with Crippen molar-refractivity contribution in [3.8, 4) is 0 Å². The van der Waals surface area contributed by atoms with E-state index in [1.165, 1.54) is 0 Å². The minimum Gasteiger partial charge on any atom is -0.326 e. The first-order valence-electron chi connectivity index (χ1n) is 8.24. The quantitative estimate of drug-likeness (QED) is 0.752. The highest BCUT2D eigenvalue weighted by molar-refractivity contribution is 5.75. The van der Waals surface area contributed by atoms with Gasteiger partial charge >= 0.3 is 6.18 Å². The molecule has 2 unspecified atom stereocenters. The van der Waals surface area contributed by atoms with Gasteiger partial charge in [-0.2, -0.15) is 13.2 Å². The summed E-state index contributed by atoms with van der Waals surface area (Å²) in [5.41, 5.74) is 5.58. The predicted octanol–water partition coefficient (Wildman–Crippen LogP) is 3.97. The summed E-state index contributed by atoms with van der Waals surface area (Å²) in [6.45, 7) is 0.0927.